The van der Waals surface area contributed by atoms with Gasteiger partial charge in [0.15, 0.2) is 0 Å². The van der Waals surface area contributed by atoms with Gasteiger partial charge >= 0.3 is 12.1 Å². The number of hydrogen-bond donors (Lipinski definition) is 1. The van der Waals surface area contributed by atoms with Crippen molar-refractivity contribution in [3.63, 3.8) is 0 Å². The number of anilines is 1. The highest BCUT2D eigenvalue weighted by atomic mass is 32.2. The average molecular weight is 533 g/mol. The molecule has 3 aromatic rings. The van der Waals surface area contributed by atoms with E-state index in [0.29, 0.717) is 5.69 Å². The number of esters is 1. The largest absolute Gasteiger partial charge is 0.467 e. The number of carbonyl (C=O) groups excluding carboxylic acids is 2. The maximum Gasteiger partial charge on any atom is 0.408 e. The van der Waals surface area contributed by atoms with Crippen molar-refractivity contribution < 1.29 is 27.5 Å². The maximum atomic E-state index is 13.6. The molecule has 9 heteroatoms. The van der Waals surface area contributed by atoms with Gasteiger partial charge in [0.2, 0.25) is 0 Å². The summed E-state index contributed by atoms with van der Waals surface area (Å²) >= 11 is 0. The zero-order valence-corrected chi connectivity index (χ0v) is 22.0. The van der Waals surface area contributed by atoms with E-state index >= 15 is 0 Å². The van der Waals surface area contributed by atoms with Gasteiger partial charge in [0.1, 0.15) is 12.1 Å². The average Bonchev–Trinajstić information content (AvgIpc) is 3.23. The maximum absolute atomic E-state index is 13.6. The van der Waals surface area contributed by atoms with Crippen LogP contribution in [0.5, 0.6) is 0 Å². The molecule has 8 nitrogen and oxygen atoms in total. The van der Waals surface area contributed by atoms with Gasteiger partial charge in [0, 0.05) is 18.4 Å². The van der Waals surface area contributed by atoms with Crippen LogP contribution in [0.1, 0.15) is 28.7 Å². The lowest BCUT2D eigenvalue weighted by Crippen LogP contribution is -2.56. The third-order valence-electron chi connectivity index (χ3n) is 6.96. The highest BCUT2D eigenvalue weighted by Crippen LogP contribution is 2.44. The summed E-state index contributed by atoms with van der Waals surface area (Å²) in [6.07, 6.45) is 1.30. The van der Waals surface area contributed by atoms with Crippen LogP contribution in [0.15, 0.2) is 83.8 Å². The second kappa shape index (κ2) is 9.98. The molecule has 0 saturated carbocycles. The van der Waals surface area contributed by atoms with Crippen molar-refractivity contribution in [2.75, 3.05) is 18.0 Å². The minimum absolute atomic E-state index is 0.0532. The summed E-state index contributed by atoms with van der Waals surface area (Å²) in [7, 11) is -2.53. The molecule has 1 aliphatic heterocycles. The van der Waals surface area contributed by atoms with Crippen LogP contribution in [0.4, 0.5) is 10.5 Å². The Morgan fingerprint density at radius 1 is 1.00 bits per heavy atom. The van der Waals surface area contributed by atoms with Gasteiger partial charge < -0.3 is 14.8 Å². The molecule has 1 aliphatic carbocycles. The van der Waals surface area contributed by atoms with Crippen molar-refractivity contribution >= 4 is 33.3 Å². The topological polar surface area (TPSA) is 102 Å². The van der Waals surface area contributed by atoms with Gasteiger partial charge in [-0.25, -0.2) is 18.0 Å². The number of aryl methyl sites for hydroxylation is 1. The van der Waals surface area contributed by atoms with E-state index in [-0.39, 0.29) is 30.9 Å². The van der Waals surface area contributed by atoms with Crippen molar-refractivity contribution in [3.8, 4) is 0 Å². The second-order valence-corrected chi connectivity index (χ2v) is 11.4. The van der Waals surface area contributed by atoms with Gasteiger partial charge in [-0.3, -0.25) is 4.31 Å². The number of methoxy groups -OCH3 is 1. The molecule has 0 bridgehead atoms. The Morgan fingerprint density at radius 2 is 1.74 bits per heavy atom. The summed E-state index contributed by atoms with van der Waals surface area (Å²) in [6.45, 7) is 2.08. The van der Waals surface area contributed by atoms with Crippen LogP contribution in [-0.4, -0.2) is 39.7 Å². The first-order chi connectivity index (χ1) is 18.2. The smallest absolute Gasteiger partial charge is 0.408 e. The quantitative estimate of drug-likeness (QED) is 0.473. The van der Waals surface area contributed by atoms with Gasteiger partial charge in [-0.1, -0.05) is 66.2 Å². The minimum Gasteiger partial charge on any atom is -0.467 e. The Bertz CT molecular complexity index is 1520. The standard InChI is InChI=1S/C29H28N2O6S/c1-20-11-13-24(14-12-20)38(34,35)31-18-23-15-16-29(27(32)36-2,17-22-9-6-10-25(31)26(22)23)30-28(33)37-19-21-7-4-3-5-8-21/h3-15H,16-19H2,1-2H3,(H,30,33). The van der Waals surface area contributed by atoms with Crippen LogP contribution in [0.2, 0.25) is 0 Å². The highest BCUT2D eigenvalue weighted by molar-refractivity contribution is 7.92. The second-order valence-electron chi connectivity index (χ2n) is 9.51. The van der Waals surface area contributed by atoms with E-state index in [1.807, 2.05) is 49.4 Å². The summed E-state index contributed by atoms with van der Waals surface area (Å²) in [5.74, 6) is -0.604. The van der Waals surface area contributed by atoms with E-state index in [1.165, 1.54) is 11.4 Å². The van der Waals surface area contributed by atoms with Crippen LogP contribution in [-0.2, 0) is 37.3 Å². The molecule has 196 valence electrons. The molecule has 0 aromatic heterocycles. The molecule has 0 saturated heterocycles. The molecule has 1 unspecified atom stereocenters. The third kappa shape index (κ3) is 4.65. The predicted molar refractivity (Wildman–Crippen MR) is 143 cm³/mol. The number of nitrogens with zero attached hydrogens (tertiary/aromatic N) is 1. The van der Waals surface area contributed by atoms with E-state index < -0.39 is 27.6 Å². The minimum atomic E-state index is -3.80. The van der Waals surface area contributed by atoms with Gasteiger partial charge in [-0.05, 0) is 41.8 Å². The molecule has 1 N–H and O–H groups in total. The third-order valence-corrected chi connectivity index (χ3v) is 8.73. The molecule has 1 amide bonds. The van der Waals surface area contributed by atoms with Crippen molar-refractivity contribution in [2.24, 2.45) is 0 Å². The number of nitrogens with one attached hydrogen (secondary N) is 1. The van der Waals surface area contributed by atoms with Crippen molar-refractivity contribution in [1.82, 2.24) is 5.32 Å². The molecule has 3 aromatic carbocycles. The molecule has 2 aliphatic rings. The van der Waals surface area contributed by atoms with Crippen molar-refractivity contribution in [2.45, 2.75) is 36.8 Å². The lowest BCUT2D eigenvalue weighted by Gasteiger charge is -2.30. The lowest BCUT2D eigenvalue weighted by atomic mass is 9.88. The Kier molecular flexibility index (Phi) is 6.71. The summed E-state index contributed by atoms with van der Waals surface area (Å²) in [5, 5.41) is 2.76. The normalized spacial score (nSPS) is 18.2. The fourth-order valence-corrected chi connectivity index (χ4v) is 6.45. The first kappa shape index (κ1) is 25.5. The number of ether oxygens (including phenoxy) is 2. The van der Waals surface area contributed by atoms with Crippen molar-refractivity contribution in [1.29, 1.82) is 0 Å². The molecule has 0 radical (unpaired) electrons. The fourth-order valence-electron chi connectivity index (χ4n) is 5.00. The Balaban J connectivity index is 1.45. The molecule has 5 rings (SSSR count). The molecule has 38 heavy (non-hydrogen) atoms. The van der Waals surface area contributed by atoms with Crippen LogP contribution >= 0.6 is 0 Å². The Hall–Kier alpha value is -4.11. The van der Waals surface area contributed by atoms with Crippen LogP contribution in [0.3, 0.4) is 0 Å². The highest BCUT2D eigenvalue weighted by Gasteiger charge is 2.45. The van der Waals surface area contributed by atoms with E-state index in [0.717, 1.165) is 27.8 Å². The SMILES string of the molecule is COC(=O)C1(NC(=O)OCc2ccccc2)CC=C2CN(S(=O)(=O)c3ccc(C)cc3)c3cccc(c32)C1. The van der Waals surface area contributed by atoms with Gasteiger partial charge in [0.05, 0.1) is 24.2 Å². The zero-order chi connectivity index (χ0) is 26.9. The van der Waals surface area contributed by atoms with Gasteiger partial charge in [0.25, 0.3) is 10.0 Å². The number of rotatable bonds is 6. The first-order valence-corrected chi connectivity index (χ1v) is 13.7. The van der Waals surface area contributed by atoms with Crippen LogP contribution < -0.4 is 9.62 Å². The summed E-state index contributed by atoms with van der Waals surface area (Å²) in [5.41, 5.74) is 3.19. The van der Waals surface area contributed by atoms with Gasteiger partial charge in [-0.15, -0.1) is 0 Å². The predicted octanol–water partition coefficient (Wildman–Crippen LogP) is 4.37. The molecule has 1 heterocycles. The monoisotopic (exact) mass is 532 g/mol. The molecular weight excluding hydrogens is 504 g/mol. The number of benzene rings is 3. The van der Waals surface area contributed by atoms with Crippen LogP contribution in [0.25, 0.3) is 5.57 Å². The molecule has 0 fully saturated rings. The number of alkyl carbamates (subject to hydrolysis) is 1. The molecule has 0 spiro atoms. The van der Waals surface area contributed by atoms with Crippen molar-refractivity contribution in [3.05, 3.63) is 101 Å². The van der Waals surface area contributed by atoms with E-state index in [9.17, 15) is 18.0 Å². The Morgan fingerprint density at radius 3 is 2.45 bits per heavy atom. The summed E-state index contributed by atoms with van der Waals surface area (Å²) in [6, 6.07) is 21.4. The van der Waals surface area contributed by atoms with Crippen LogP contribution in [0, 0.1) is 6.92 Å². The molecular formula is C29H28N2O6S. The Labute approximate surface area is 221 Å². The molecule has 1 atom stereocenters. The van der Waals surface area contributed by atoms with E-state index in [2.05, 4.69) is 5.32 Å². The number of hydrogen-bond acceptors (Lipinski definition) is 6. The number of amides is 1. The number of sulfonamides is 1. The summed E-state index contributed by atoms with van der Waals surface area (Å²) in [4.78, 5) is 26.1. The van der Waals surface area contributed by atoms with Gasteiger partial charge in [-0.2, -0.15) is 0 Å². The first-order valence-electron chi connectivity index (χ1n) is 12.2. The number of carbonyl (C=O) groups is 2. The summed E-state index contributed by atoms with van der Waals surface area (Å²) < 4.78 is 39.0. The van der Waals surface area contributed by atoms with E-state index in [4.69, 9.17) is 9.47 Å². The van der Waals surface area contributed by atoms with E-state index in [1.54, 1.807) is 36.4 Å². The fraction of sp³-hybridized carbons (Fsp3) is 0.241. The lowest BCUT2D eigenvalue weighted by molar-refractivity contribution is -0.148. The zero-order valence-electron chi connectivity index (χ0n) is 21.1.